The summed E-state index contributed by atoms with van der Waals surface area (Å²) in [5.41, 5.74) is 1.46. The Kier molecular flexibility index (Phi) is 6.96. The number of unbranched alkanes of at least 4 members (excludes halogenated alkanes) is 3. The van der Waals surface area contributed by atoms with Crippen molar-refractivity contribution in [3.63, 3.8) is 0 Å². The zero-order chi connectivity index (χ0) is 17.6. The quantitative estimate of drug-likeness (QED) is 0.573. The number of halogens is 2. The summed E-state index contributed by atoms with van der Waals surface area (Å²) >= 11 is 11.8. The van der Waals surface area contributed by atoms with Crippen molar-refractivity contribution in [2.24, 2.45) is 0 Å². The van der Waals surface area contributed by atoms with Crippen LogP contribution in [0.25, 0.3) is 0 Å². The first-order valence-electron chi connectivity index (χ1n) is 7.99. The molecule has 0 heterocycles. The number of hydrogen-bond donors (Lipinski definition) is 1. The van der Waals surface area contributed by atoms with Gasteiger partial charge >= 0.3 is 0 Å². The minimum atomic E-state index is -3.67. The maximum Gasteiger partial charge on any atom is 0.261 e. The van der Waals surface area contributed by atoms with E-state index in [0.29, 0.717) is 10.7 Å². The van der Waals surface area contributed by atoms with Gasteiger partial charge < -0.3 is 0 Å². The average Bonchev–Trinajstić information content (AvgIpc) is 2.55. The van der Waals surface area contributed by atoms with Crippen molar-refractivity contribution in [2.75, 3.05) is 4.72 Å². The van der Waals surface area contributed by atoms with Crippen LogP contribution in [0.5, 0.6) is 0 Å². The van der Waals surface area contributed by atoms with Gasteiger partial charge in [-0.15, -0.1) is 0 Å². The van der Waals surface area contributed by atoms with E-state index in [1.165, 1.54) is 25.3 Å². The Morgan fingerprint density at radius 3 is 2.29 bits per heavy atom. The molecule has 0 atom stereocenters. The lowest BCUT2D eigenvalue weighted by molar-refractivity contribution is 0.601. The number of sulfonamides is 1. The van der Waals surface area contributed by atoms with E-state index in [9.17, 15) is 8.42 Å². The summed E-state index contributed by atoms with van der Waals surface area (Å²) in [6, 6.07) is 11.6. The molecular weight excluding hydrogens is 365 g/mol. The van der Waals surface area contributed by atoms with Crippen LogP contribution in [0.1, 0.15) is 38.2 Å². The van der Waals surface area contributed by atoms with Gasteiger partial charge in [-0.05, 0) is 48.7 Å². The average molecular weight is 386 g/mol. The molecule has 0 spiro atoms. The lowest BCUT2D eigenvalue weighted by Gasteiger charge is -2.10. The Balaban J connectivity index is 2.06. The SMILES string of the molecule is CCCCCCc1ccc(S(=O)(=O)Nc2ccc(Cl)cc2Cl)cc1. The fraction of sp³-hybridized carbons (Fsp3) is 0.333. The number of nitrogens with one attached hydrogen (secondary N) is 1. The highest BCUT2D eigenvalue weighted by Gasteiger charge is 2.15. The van der Waals surface area contributed by atoms with E-state index in [2.05, 4.69) is 11.6 Å². The summed E-state index contributed by atoms with van der Waals surface area (Å²) in [7, 11) is -3.67. The Hall–Kier alpha value is -1.23. The zero-order valence-electron chi connectivity index (χ0n) is 13.6. The van der Waals surface area contributed by atoms with E-state index in [-0.39, 0.29) is 9.92 Å². The Labute approximate surface area is 154 Å². The maximum atomic E-state index is 12.4. The number of hydrogen-bond acceptors (Lipinski definition) is 2. The third kappa shape index (κ3) is 5.40. The van der Waals surface area contributed by atoms with Crippen molar-refractivity contribution >= 4 is 38.9 Å². The number of rotatable bonds is 8. The van der Waals surface area contributed by atoms with Crippen LogP contribution < -0.4 is 4.72 Å². The van der Waals surface area contributed by atoms with Gasteiger partial charge in [0.1, 0.15) is 0 Å². The van der Waals surface area contributed by atoms with Crippen LogP contribution in [0.15, 0.2) is 47.4 Å². The van der Waals surface area contributed by atoms with Crippen molar-refractivity contribution in [1.82, 2.24) is 0 Å². The lowest BCUT2D eigenvalue weighted by Crippen LogP contribution is -2.13. The fourth-order valence-corrected chi connectivity index (χ4v) is 3.96. The van der Waals surface area contributed by atoms with Gasteiger partial charge in [0.25, 0.3) is 10.0 Å². The topological polar surface area (TPSA) is 46.2 Å². The lowest BCUT2D eigenvalue weighted by atomic mass is 10.1. The van der Waals surface area contributed by atoms with Gasteiger partial charge in [-0.2, -0.15) is 0 Å². The molecule has 0 amide bonds. The summed E-state index contributed by atoms with van der Waals surface area (Å²) in [5.74, 6) is 0. The van der Waals surface area contributed by atoms with Crippen LogP contribution in [0, 0.1) is 0 Å². The molecular formula is C18H21Cl2NO2S. The van der Waals surface area contributed by atoms with Gasteiger partial charge in [-0.3, -0.25) is 4.72 Å². The van der Waals surface area contributed by atoms with Gasteiger partial charge in [0, 0.05) is 5.02 Å². The van der Waals surface area contributed by atoms with E-state index < -0.39 is 10.0 Å². The van der Waals surface area contributed by atoms with Gasteiger partial charge in [0.15, 0.2) is 0 Å². The molecule has 0 saturated heterocycles. The molecule has 0 aliphatic carbocycles. The maximum absolute atomic E-state index is 12.4. The normalized spacial score (nSPS) is 11.5. The van der Waals surface area contributed by atoms with Crippen molar-refractivity contribution in [1.29, 1.82) is 0 Å². The summed E-state index contributed by atoms with van der Waals surface area (Å²) in [6.07, 6.45) is 5.73. The van der Waals surface area contributed by atoms with Crippen LogP contribution in [-0.4, -0.2) is 8.42 Å². The van der Waals surface area contributed by atoms with Crippen LogP contribution in [0.4, 0.5) is 5.69 Å². The van der Waals surface area contributed by atoms with Gasteiger partial charge in [0.2, 0.25) is 0 Å². The van der Waals surface area contributed by atoms with E-state index in [1.54, 1.807) is 24.3 Å². The molecule has 0 bridgehead atoms. The van der Waals surface area contributed by atoms with Gasteiger partial charge in [-0.25, -0.2) is 8.42 Å². The van der Waals surface area contributed by atoms with E-state index >= 15 is 0 Å². The Morgan fingerprint density at radius 2 is 1.67 bits per heavy atom. The van der Waals surface area contributed by atoms with Crippen LogP contribution in [0.2, 0.25) is 10.0 Å². The summed E-state index contributed by atoms with van der Waals surface area (Å²) in [4.78, 5) is 0.214. The molecule has 0 fully saturated rings. The van der Waals surface area contributed by atoms with Gasteiger partial charge in [-0.1, -0.05) is 61.5 Å². The van der Waals surface area contributed by atoms with Crippen molar-refractivity contribution in [2.45, 2.75) is 43.9 Å². The molecule has 130 valence electrons. The molecule has 2 aromatic carbocycles. The molecule has 6 heteroatoms. The van der Waals surface area contributed by atoms with Crippen molar-refractivity contribution in [3.8, 4) is 0 Å². The first kappa shape index (κ1) is 19.1. The molecule has 0 aliphatic rings. The van der Waals surface area contributed by atoms with Crippen LogP contribution in [-0.2, 0) is 16.4 Å². The second-order valence-corrected chi connectivity index (χ2v) is 8.21. The van der Waals surface area contributed by atoms with E-state index in [0.717, 1.165) is 18.4 Å². The largest absolute Gasteiger partial charge is 0.278 e. The molecule has 1 N–H and O–H groups in total. The van der Waals surface area contributed by atoms with Crippen LogP contribution >= 0.6 is 23.2 Å². The molecule has 0 aromatic heterocycles. The molecule has 0 saturated carbocycles. The second-order valence-electron chi connectivity index (χ2n) is 5.68. The molecule has 0 radical (unpaired) electrons. The fourth-order valence-electron chi connectivity index (χ4n) is 2.37. The van der Waals surface area contributed by atoms with Crippen molar-refractivity contribution in [3.05, 3.63) is 58.1 Å². The van der Waals surface area contributed by atoms with E-state index in [4.69, 9.17) is 23.2 Å². The second kappa shape index (κ2) is 8.75. The third-order valence-electron chi connectivity index (χ3n) is 3.73. The first-order valence-corrected chi connectivity index (χ1v) is 10.2. The summed E-state index contributed by atoms with van der Waals surface area (Å²) < 4.78 is 27.4. The molecule has 2 rings (SSSR count). The standard InChI is InChI=1S/C18H21Cl2NO2S/c1-2-3-4-5-6-14-7-10-16(11-8-14)24(22,23)21-18-12-9-15(19)13-17(18)20/h7-13,21H,2-6H2,1H3. The highest BCUT2D eigenvalue weighted by molar-refractivity contribution is 7.92. The zero-order valence-corrected chi connectivity index (χ0v) is 15.9. The molecule has 2 aromatic rings. The molecule has 24 heavy (non-hydrogen) atoms. The molecule has 0 aliphatic heterocycles. The monoisotopic (exact) mass is 385 g/mol. The minimum absolute atomic E-state index is 0.214. The number of anilines is 1. The van der Waals surface area contributed by atoms with E-state index in [1.807, 2.05) is 12.1 Å². The summed E-state index contributed by atoms with van der Waals surface area (Å²) in [6.45, 7) is 2.18. The number of aryl methyl sites for hydroxylation is 1. The predicted octanol–water partition coefficient (Wildman–Crippen LogP) is 5.92. The van der Waals surface area contributed by atoms with Crippen LogP contribution in [0.3, 0.4) is 0 Å². The van der Waals surface area contributed by atoms with Crippen molar-refractivity contribution < 1.29 is 8.42 Å². The summed E-state index contributed by atoms with van der Waals surface area (Å²) in [5, 5.41) is 0.717. The molecule has 3 nitrogen and oxygen atoms in total. The Morgan fingerprint density at radius 1 is 0.958 bits per heavy atom. The highest BCUT2D eigenvalue weighted by Crippen LogP contribution is 2.27. The first-order chi connectivity index (χ1) is 11.4. The molecule has 0 unspecified atom stereocenters. The van der Waals surface area contributed by atoms with Gasteiger partial charge in [0.05, 0.1) is 15.6 Å². The third-order valence-corrected chi connectivity index (χ3v) is 5.66. The predicted molar refractivity (Wildman–Crippen MR) is 102 cm³/mol. The number of benzene rings is 2. The smallest absolute Gasteiger partial charge is 0.261 e. The minimum Gasteiger partial charge on any atom is -0.278 e. The highest BCUT2D eigenvalue weighted by atomic mass is 35.5. The Bertz CT molecular complexity index is 774.